The Morgan fingerprint density at radius 3 is 0.976 bits per heavy atom. The second kappa shape index (κ2) is 14.4. The summed E-state index contributed by atoms with van der Waals surface area (Å²) in [6, 6.07) is 0. The maximum Gasteiger partial charge on any atom is 0.378 e. The Morgan fingerprint density at radius 2 is 0.762 bits per heavy atom. The van der Waals surface area contributed by atoms with Crippen molar-refractivity contribution in [2.45, 2.75) is 76.4 Å². The van der Waals surface area contributed by atoms with Crippen molar-refractivity contribution in [2.24, 2.45) is 0 Å². The molecule has 238 valence electrons. The number of alkyl halides is 8. The van der Waals surface area contributed by atoms with Crippen molar-refractivity contribution in [3.63, 3.8) is 0 Å². The quantitative estimate of drug-likeness (QED) is 0.0904. The molecule has 0 heterocycles. The molecule has 0 aliphatic rings. The summed E-state index contributed by atoms with van der Waals surface area (Å²) in [5.41, 5.74) is -1.53. The number of carbonyl (C=O) groups is 4. The Hall–Kier alpha value is -3.72. The minimum absolute atomic E-state index is 0.306. The van der Waals surface area contributed by atoms with Gasteiger partial charge in [-0.25, -0.2) is 19.2 Å². The highest BCUT2D eigenvalue weighted by Crippen LogP contribution is 2.55. The lowest BCUT2D eigenvalue weighted by atomic mass is 9.92. The highest BCUT2D eigenvalue weighted by atomic mass is 19.4. The molecule has 0 N–H and O–H groups in total. The molecule has 8 nitrogen and oxygen atoms in total. The molecule has 0 amide bonds. The maximum absolute atomic E-state index is 14.7. The molecule has 0 aromatic heterocycles. The zero-order chi connectivity index (χ0) is 33.4. The van der Waals surface area contributed by atoms with Crippen molar-refractivity contribution < 1.29 is 73.2 Å². The third kappa shape index (κ3) is 9.98. The average molecular weight is 623 g/mol. The topological polar surface area (TPSA) is 105 Å². The van der Waals surface area contributed by atoms with E-state index in [-0.39, 0.29) is 11.1 Å². The minimum atomic E-state index is -6.85. The summed E-state index contributed by atoms with van der Waals surface area (Å²) in [6.07, 6.45) is -10.1. The van der Waals surface area contributed by atoms with E-state index in [4.69, 9.17) is 0 Å². The Labute approximate surface area is 236 Å². The molecule has 2 atom stereocenters. The van der Waals surface area contributed by atoms with E-state index in [1.54, 1.807) is 0 Å². The standard InChI is InChI=1S/C26H30F8O8/c1-13(2)19(35)39-11-17(41-21(37)15(5)6)9-23(27,28)25(31,32)26(33,34)24(29,30)10-18(42-22(38)16(7)8)12-40-20(36)14(3)4/h17-18H,1,3,5,7,9-12H2,2,4,6,8H3. The normalized spacial score (nSPS) is 13.7. The van der Waals surface area contributed by atoms with Crippen molar-refractivity contribution in [1.29, 1.82) is 0 Å². The lowest BCUT2D eigenvalue weighted by Gasteiger charge is -2.38. The van der Waals surface area contributed by atoms with Crippen LogP contribution in [0.5, 0.6) is 0 Å². The Bertz CT molecular complexity index is 1030. The van der Waals surface area contributed by atoms with Gasteiger partial charge in [0, 0.05) is 22.3 Å². The van der Waals surface area contributed by atoms with Crippen LogP contribution in [-0.2, 0) is 38.1 Å². The molecule has 42 heavy (non-hydrogen) atoms. The van der Waals surface area contributed by atoms with E-state index in [1.807, 2.05) is 0 Å². The van der Waals surface area contributed by atoms with Crippen LogP contribution >= 0.6 is 0 Å². The first-order valence-electron chi connectivity index (χ1n) is 11.7. The third-order valence-corrected chi connectivity index (χ3v) is 5.02. The van der Waals surface area contributed by atoms with Crippen LogP contribution in [0.4, 0.5) is 35.1 Å². The Morgan fingerprint density at radius 1 is 0.524 bits per heavy atom. The highest BCUT2D eigenvalue weighted by molar-refractivity contribution is 5.88. The zero-order valence-electron chi connectivity index (χ0n) is 23.1. The first-order chi connectivity index (χ1) is 18.8. The molecule has 0 saturated carbocycles. The number of carbonyl (C=O) groups excluding carboxylic acids is 4. The van der Waals surface area contributed by atoms with Gasteiger partial charge in [-0.1, -0.05) is 26.3 Å². The van der Waals surface area contributed by atoms with Crippen LogP contribution in [0.1, 0.15) is 40.5 Å². The predicted octanol–water partition coefficient (Wildman–Crippen LogP) is 5.52. The molecule has 0 fully saturated rings. The number of ether oxygens (including phenoxy) is 4. The van der Waals surface area contributed by atoms with E-state index in [2.05, 4.69) is 45.3 Å². The molecule has 0 bridgehead atoms. The molecule has 0 aliphatic heterocycles. The summed E-state index contributed by atoms with van der Waals surface area (Å²) in [7, 11) is 0. The van der Waals surface area contributed by atoms with Crippen LogP contribution in [-0.4, -0.2) is 73.0 Å². The number of rotatable bonds is 17. The van der Waals surface area contributed by atoms with Crippen molar-refractivity contribution in [3.8, 4) is 0 Å². The van der Waals surface area contributed by atoms with Gasteiger partial charge in [0.05, 0.1) is 12.8 Å². The van der Waals surface area contributed by atoms with Crippen molar-refractivity contribution in [2.75, 3.05) is 13.2 Å². The van der Waals surface area contributed by atoms with Gasteiger partial charge in [-0.3, -0.25) is 0 Å². The fourth-order valence-corrected chi connectivity index (χ4v) is 2.64. The zero-order valence-corrected chi connectivity index (χ0v) is 23.1. The molecule has 0 aromatic carbocycles. The number of halogens is 8. The number of hydrogen-bond acceptors (Lipinski definition) is 8. The van der Waals surface area contributed by atoms with Crippen molar-refractivity contribution >= 4 is 23.9 Å². The Kier molecular flexibility index (Phi) is 13.2. The summed E-state index contributed by atoms with van der Waals surface area (Å²) in [5, 5.41) is 0. The van der Waals surface area contributed by atoms with Gasteiger partial charge >= 0.3 is 47.6 Å². The lowest BCUT2D eigenvalue weighted by molar-refractivity contribution is -0.372. The van der Waals surface area contributed by atoms with Gasteiger partial charge < -0.3 is 18.9 Å². The number of esters is 4. The van der Waals surface area contributed by atoms with Gasteiger partial charge in [-0.15, -0.1) is 0 Å². The second-order valence-corrected chi connectivity index (χ2v) is 9.34. The van der Waals surface area contributed by atoms with E-state index in [9.17, 15) is 54.3 Å². The molecule has 0 spiro atoms. The van der Waals surface area contributed by atoms with Gasteiger partial charge in [0.1, 0.15) is 25.4 Å². The molecule has 0 saturated heterocycles. The summed E-state index contributed by atoms with van der Waals surface area (Å²) in [4.78, 5) is 46.6. The molecule has 0 aliphatic carbocycles. The largest absolute Gasteiger partial charge is 0.458 e. The van der Waals surface area contributed by atoms with Crippen molar-refractivity contribution in [3.05, 3.63) is 48.6 Å². The van der Waals surface area contributed by atoms with Crippen LogP contribution in [0, 0.1) is 0 Å². The average Bonchev–Trinajstić information content (AvgIpc) is 2.83. The van der Waals surface area contributed by atoms with Crippen LogP contribution in [0.15, 0.2) is 48.6 Å². The lowest BCUT2D eigenvalue weighted by Crippen LogP contribution is -2.63. The van der Waals surface area contributed by atoms with E-state index in [1.165, 1.54) is 0 Å². The molecular formula is C26H30F8O8. The van der Waals surface area contributed by atoms with Crippen LogP contribution in [0.25, 0.3) is 0 Å². The molecule has 0 radical (unpaired) electrons. The third-order valence-electron chi connectivity index (χ3n) is 5.02. The summed E-state index contributed by atoms with van der Waals surface area (Å²) >= 11 is 0. The smallest absolute Gasteiger partial charge is 0.378 e. The maximum atomic E-state index is 14.7. The molecule has 0 rings (SSSR count). The first kappa shape index (κ1) is 38.3. The van der Waals surface area contributed by atoms with E-state index >= 15 is 0 Å². The minimum Gasteiger partial charge on any atom is -0.458 e. The van der Waals surface area contributed by atoms with E-state index < -0.39 is 97.0 Å². The Balaban J connectivity index is 6.28. The number of hydrogen-bond donors (Lipinski definition) is 0. The van der Waals surface area contributed by atoms with Gasteiger partial charge in [0.15, 0.2) is 0 Å². The van der Waals surface area contributed by atoms with Crippen LogP contribution < -0.4 is 0 Å². The van der Waals surface area contributed by atoms with Gasteiger partial charge in [0.25, 0.3) is 0 Å². The van der Waals surface area contributed by atoms with Crippen molar-refractivity contribution in [1.82, 2.24) is 0 Å². The molecule has 16 heteroatoms. The predicted molar refractivity (Wildman–Crippen MR) is 130 cm³/mol. The fraction of sp³-hybridized carbons (Fsp3) is 0.538. The molecular weight excluding hydrogens is 592 g/mol. The monoisotopic (exact) mass is 622 g/mol. The highest BCUT2D eigenvalue weighted by Gasteiger charge is 2.80. The fourth-order valence-electron chi connectivity index (χ4n) is 2.64. The molecule has 0 aromatic rings. The SMILES string of the molecule is C=C(C)C(=O)OCC(CC(F)(F)C(F)(F)C(F)(F)C(F)(F)CC(COC(=O)C(=C)C)OC(=O)C(=C)C)OC(=O)C(=C)C. The van der Waals surface area contributed by atoms with Crippen LogP contribution in [0.2, 0.25) is 0 Å². The molecule has 2 unspecified atom stereocenters. The van der Waals surface area contributed by atoms with Gasteiger partial charge in [-0.05, 0) is 27.7 Å². The van der Waals surface area contributed by atoms with Gasteiger partial charge in [0.2, 0.25) is 0 Å². The first-order valence-corrected chi connectivity index (χ1v) is 11.7. The summed E-state index contributed by atoms with van der Waals surface area (Å²) in [6.45, 7) is 14.0. The van der Waals surface area contributed by atoms with E-state index in [0.29, 0.717) is 0 Å². The summed E-state index contributed by atoms with van der Waals surface area (Å²) < 4.78 is 135. The second-order valence-electron chi connectivity index (χ2n) is 9.34. The van der Waals surface area contributed by atoms with E-state index in [0.717, 1.165) is 27.7 Å². The van der Waals surface area contributed by atoms with Gasteiger partial charge in [-0.2, -0.15) is 35.1 Å². The van der Waals surface area contributed by atoms with Crippen LogP contribution in [0.3, 0.4) is 0 Å². The summed E-state index contributed by atoms with van der Waals surface area (Å²) in [5.74, 6) is -31.3.